The van der Waals surface area contributed by atoms with Crippen molar-refractivity contribution in [1.29, 1.82) is 0 Å². The number of aromatic nitrogens is 1. The molecule has 0 fully saturated rings. The first kappa shape index (κ1) is 22.5. The van der Waals surface area contributed by atoms with Crippen molar-refractivity contribution in [3.8, 4) is 5.75 Å². The monoisotopic (exact) mass is 480 g/mol. The van der Waals surface area contributed by atoms with E-state index in [0.717, 1.165) is 11.5 Å². The average Bonchev–Trinajstić information content (AvgIpc) is 3.18. The van der Waals surface area contributed by atoms with Gasteiger partial charge in [0.05, 0.1) is 23.4 Å². The van der Waals surface area contributed by atoms with Crippen molar-refractivity contribution in [1.82, 2.24) is 4.37 Å². The van der Waals surface area contributed by atoms with Crippen LogP contribution in [0.3, 0.4) is 0 Å². The number of nitrogens with zero attached hydrogens (tertiary/aromatic N) is 3. The summed E-state index contributed by atoms with van der Waals surface area (Å²) < 4.78 is 4.10. The van der Waals surface area contributed by atoms with Crippen LogP contribution in [0.2, 0.25) is 5.02 Å². The third-order valence-electron chi connectivity index (χ3n) is 4.93. The molecule has 3 aromatic carbocycles. The highest BCUT2D eigenvalue weighted by molar-refractivity contribution is 7.10. The van der Waals surface area contributed by atoms with Gasteiger partial charge < -0.3 is 15.5 Å². The van der Waals surface area contributed by atoms with Gasteiger partial charge in [0.2, 0.25) is 0 Å². The summed E-state index contributed by atoms with van der Waals surface area (Å²) in [6.45, 7) is 1.49. The van der Waals surface area contributed by atoms with Crippen LogP contribution in [0, 0.1) is 6.92 Å². The van der Waals surface area contributed by atoms with Crippen LogP contribution in [-0.4, -0.2) is 26.8 Å². The molecule has 1 heterocycles. The van der Waals surface area contributed by atoms with E-state index in [9.17, 15) is 19.8 Å². The molecular weight excluding hydrogens is 464 g/mol. The third kappa shape index (κ3) is 4.61. The summed E-state index contributed by atoms with van der Waals surface area (Å²) in [5, 5.41) is 33.4. The van der Waals surface area contributed by atoms with E-state index in [0.29, 0.717) is 44.6 Å². The Bertz CT molecular complexity index is 1400. The van der Waals surface area contributed by atoms with Gasteiger partial charge >= 0.3 is 0 Å². The Labute approximate surface area is 197 Å². The molecule has 0 aliphatic heterocycles. The normalized spacial score (nSPS) is 11.2. The zero-order valence-corrected chi connectivity index (χ0v) is 18.8. The maximum atomic E-state index is 13.0. The fourth-order valence-corrected chi connectivity index (χ4v) is 4.02. The van der Waals surface area contributed by atoms with Crippen molar-refractivity contribution < 1.29 is 19.8 Å². The molecule has 33 heavy (non-hydrogen) atoms. The number of rotatable bonds is 6. The number of benzene rings is 3. The number of aliphatic hydroxyl groups excluding tert-OH is 1. The number of aldehydes is 1. The molecular formula is C23H17ClN4O4S. The summed E-state index contributed by atoms with van der Waals surface area (Å²) in [7, 11) is 0. The highest BCUT2D eigenvalue weighted by Crippen LogP contribution is 2.40. The summed E-state index contributed by atoms with van der Waals surface area (Å²) in [6, 6.07) is 13.1. The van der Waals surface area contributed by atoms with Crippen molar-refractivity contribution in [2.75, 3.05) is 5.32 Å². The maximum absolute atomic E-state index is 13.0. The molecule has 0 spiro atoms. The first-order valence-corrected chi connectivity index (χ1v) is 10.9. The van der Waals surface area contributed by atoms with Crippen molar-refractivity contribution in [2.24, 2.45) is 10.2 Å². The number of phenols is 1. The van der Waals surface area contributed by atoms with Gasteiger partial charge in [-0.05, 0) is 65.8 Å². The van der Waals surface area contributed by atoms with Crippen LogP contribution >= 0.6 is 23.1 Å². The standard InChI is InChI=1S/C23H17ClN4O4S/c1-12-19(11-30)23(33-28-12)27-26-20-17-7-2-13(10-29)8-14(17)9-18(21(20)31)22(32)25-16-5-3-15(24)4-6-16/h2-9,11,29,31H,10H2,1H3,(H,25,32)/b27-26+. The Balaban J connectivity index is 1.82. The summed E-state index contributed by atoms with van der Waals surface area (Å²) in [6.07, 6.45) is 0.647. The first-order valence-electron chi connectivity index (χ1n) is 9.71. The second-order valence-corrected chi connectivity index (χ2v) is 8.29. The molecule has 0 unspecified atom stereocenters. The highest BCUT2D eigenvalue weighted by atomic mass is 35.5. The van der Waals surface area contributed by atoms with Gasteiger partial charge in [-0.15, -0.1) is 10.2 Å². The number of aromatic hydroxyl groups is 1. The number of fused-ring (bicyclic) bond motifs is 1. The molecule has 0 radical (unpaired) electrons. The number of amides is 1. The molecule has 0 saturated heterocycles. The molecule has 0 bridgehead atoms. The van der Waals surface area contributed by atoms with Crippen LogP contribution < -0.4 is 5.32 Å². The molecule has 0 aliphatic carbocycles. The van der Waals surface area contributed by atoms with Gasteiger partial charge in [-0.2, -0.15) is 4.37 Å². The molecule has 4 aromatic rings. The predicted octanol–water partition coefficient (Wildman–Crippen LogP) is 5.94. The summed E-state index contributed by atoms with van der Waals surface area (Å²) in [5.74, 6) is -0.937. The Hall–Kier alpha value is -3.66. The summed E-state index contributed by atoms with van der Waals surface area (Å²) >= 11 is 6.90. The molecule has 0 saturated carbocycles. The smallest absolute Gasteiger partial charge is 0.259 e. The zero-order valence-electron chi connectivity index (χ0n) is 17.2. The number of carbonyl (C=O) groups is 2. The van der Waals surface area contributed by atoms with Crippen LogP contribution in [0.15, 0.2) is 58.8 Å². The zero-order chi connectivity index (χ0) is 23.5. The van der Waals surface area contributed by atoms with Gasteiger partial charge in [-0.1, -0.05) is 23.7 Å². The number of nitrogens with one attached hydrogen (secondary N) is 1. The summed E-state index contributed by atoms with van der Waals surface area (Å²) in [4.78, 5) is 24.3. The molecule has 4 rings (SSSR count). The van der Waals surface area contributed by atoms with Gasteiger partial charge in [-0.25, -0.2) is 0 Å². The lowest BCUT2D eigenvalue weighted by Gasteiger charge is -2.12. The lowest BCUT2D eigenvalue weighted by atomic mass is 10.0. The second kappa shape index (κ2) is 9.45. The topological polar surface area (TPSA) is 124 Å². The van der Waals surface area contributed by atoms with Gasteiger partial charge in [0.1, 0.15) is 5.69 Å². The molecule has 8 nitrogen and oxygen atoms in total. The Morgan fingerprint density at radius 2 is 1.94 bits per heavy atom. The molecule has 0 aliphatic rings. The van der Waals surface area contributed by atoms with E-state index in [1.165, 1.54) is 6.07 Å². The third-order valence-corrected chi connectivity index (χ3v) is 6.02. The molecule has 1 aromatic heterocycles. The number of anilines is 1. The summed E-state index contributed by atoms with van der Waals surface area (Å²) in [5.41, 5.74) is 1.99. The van der Waals surface area contributed by atoms with Crippen LogP contribution in [0.5, 0.6) is 5.75 Å². The lowest BCUT2D eigenvalue weighted by Crippen LogP contribution is -2.12. The number of hydrogen-bond acceptors (Lipinski definition) is 8. The van der Waals surface area contributed by atoms with E-state index in [4.69, 9.17) is 11.6 Å². The van der Waals surface area contributed by atoms with E-state index in [1.54, 1.807) is 49.4 Å². The second-order valence-electron chi connectivity index (χ2n) is 7.10. The molecule has 166 valence electrons. The molecule has 3 N–H and O–H groups in total. The SMILES string of the molecule is Cc1nsc(/N=N/c2c(O)c(C(=O)Nc3ccc(Cl)cc3)cc3cc(CO)ccc23)c1C=O. The van der Waals surface area contributed by atoms with Crippen molar-refractivity contribution in [2.45, 2.75) is 13.5 Å². The number of hydrogen-bond donors (Lipinski definition) is 3. The Kier molecular flexibility index (Phi) is 6.45. The minimum Gasteiger partial charge on any atom is -0.505 e. The Morgan fingerprint density at radius 1 is 1.18 bits per heavy atom. The molecule has 0 atom stereocenters. The van der Waals surface area contributed by atoms with Crippen LogP contribution in [0.25, 0.3) is 10.8 Å². The van der Waals surface area contributed by atoms with E-state index >= 15 is 0 Å². The quantitative estimate of drug-likeness (QED) is 0.233. The largest absolute Gasteiger partial charge is 0.505 e. The van der Waals surface area contributed by atoms with Crippen LogP contribution in [-0.2, 0) is 6.61 Å². The number of aryl methyl sites for hydroxylation is 1. The number of phenolic OH excluding ortho intramolecular Hbond substituents is 1. The molecule has 1 amide bonds. The van der Waals surface area contributed by atoms with Crippen LogP contribution in [0.1, 0.15) is 32.0 Å². The van der Waals surface area contributed by atoms with Crippen molar-refractivity contribution in [3.63, 3.8) is 0 Å². The number of carbonyl (C=O) groups excluding carboxylic acids is 2. The fourth-order valence-electron chi connectivity index (χ4n) is 3.20. The average molecular weight is 481 g/mol. The minimum absolute atomic E-state index is 0.0300. The van der Waals surface area contributed by atoms with Gasteiger partial charge in [0, 0.05) is 16.1 Å². The van der Waals surface area contributed by atoms with Gasteiger partial charge in [0.15, 0.2) is 17.0 Å². The lowest BCUT2D eigenvalue weighted by molar-refractivity contribution is 0.102. The van der Waals surface area contributed by atoms with Crippen LogP contribution in [0.4, 0.5) is 16.4 Å². The van der Waals surface area contributed by atoms with Gasteiger partial charge in [-0.3, -0.25) is 9.59 Å². The predicted molar refractivity (Wildman–Crippen MR) is 127 cm³/mol. The van der Waals surface area contributed by atoms with E-state index in [-0.39, 0.29) is 28.6 Å². The minimum atomic E-state index is -0.565. The van der Waals surface area contributed by atoms with E-state index in [1.807, 2.05) is 0 Å². The number of aliphatic hydroxyl groups is 1. The van der Waals surface area contributed by atoms with E-state index in [2.05, 4.69) is 19.9 Å². The van der Waals surface area contributed by atoms with Gasteiger partial charge in [0.25, 0.3) is 5.91 Å². The highest BCUT2D eigenvalue weighted by Gasteiger charge is 2.19. The molecule has 10 heteroatoms. The maximum Gasteiger partial charge on any atom is 0.259 e. The van der Waals surface area contributed by atoms with Crippen molar-refractivity contribution in [3.05, 3.63) is 75.9 Å². The Morgan fingerprint density at radius 3 is 2.64 bits per heavy atom. The first-order chi connectivity index (χ1) is 15.9. The van der Waals surface area contributed by atoms with Crippen molar-refractivity contribution >= 4 is 62.5 Å². The number of azo groups is 1. The fraction of sp³-hybridized carbons (Fsp3) is 0.0870. The number of halogens is 1. The van der Waals surface area contributed by atoms with E-state index < -0.39 is 5.91 Å².